The van der Waals surface area contributed by atoms with Crippen LogP contribution in [0.3, 0.4) is 0 Å². The summed E-state index contributed by atoms with van der Waals surface area (Å²) in [5.41, 5.74) is 0. The Morgan fingerprint density at radius 1 is 1.06 bits per heavy atom. The minimum Gasteiger partial charge on any atom is -0.447 e. The third-order valence-corrected chi connectivity index (χ3v) is 2.28. The monoisotopic (exact) mass is 260 g/mol. The average molecular weight is 260 g/mol. The molecule has 18 heavy (non-hydrogen) atoms. The summed E-state index contributed by atoms with van der Waals surface area (Å²) in [4.78, 5) is 32.5. The number of ether oxygens (including phenoxy) is 4. The van der Waals surface area contributed by atoms with Crippen LogP contribution in [0.2, 0.25) is 0 Å². The molecule has 0 radical (unpaired) electrons. The van der Waals surface area contributed by atoms with Crippen LogP contribution < -0.4 is 10.6 Å². The molecule has 2 rings (SSSR count). The molecule has 0 spiro atoms. The van der Waals surface area contributed by atoms with E-state index >= 15 is 0 Å². The van der Waals surface area contributed by atoms with E-state index < -0.39 is 18.3 Å². The van der Waals surface area contributed by atoms with Crippen molar-refractivity contribution in [2.24, 2.45) is 0 Å². The maximum Gasteiger partial charge on any atom is 0.508 e. The zero-order chi connectivity index (χ0) is 13.0. The molecule has 2 aliphatic heterocycles. The molecule has 0 saturated carbocycles. The first-order valence-electron chi connectivity index (χ1n) is 5.29. The van der Waals surface area contributed by atoms with E-state index in [1.165, 1.54) is 0 Å². The number of nitrogens with one attached hydrogen (secondary N) is 2. The van der Waals surface area contributed by atoms with Gasteiger partial charge in [0.25, 0.3) is 0 Å². The number of cyclic esters (lactones) is 2. The maximum atomic E-state index is 11.2. The van der Waals surface area contributed by atoms with Gasteiger partial charge >= 0.3 is 18.3 Å². The summed E-state index contributed by atoms with van der Waals surface area (Å²) in [6.45, 7) is 0.244. The molecule has 2 amide bonds. The molecular formula is C9H12N2O7. The summed E-state index contributed by atoms with van der Waals surface area (Å²) in [6, 6.07) is -0.723. The van der Waals surface area contributed by atoms with Crippen LogP contribution in [0, 0.1) is 0 Å². The minimum absolute atomic E-state index is 0.0297. The van der Waals surface area contributed by atoms with Crippen LogP contribution in [-0.2, 0) is 18.9 Å². The molecular weight excluding hydrogens is 248 g/mol. The van der Waals surface area contributed by atoms with Crippen molar-refractivity contribution in [2.75, 3.05) is 26.4 Å². The first kappa shape index (κ1) is 12.3. The van der Waals surface area contributed by atoms with Crippen molar-refractivity contribution in [2.45, 2.75) is 12.1 Å². The van der Waals surface area contributed by atoms with E-state index in [1.54, 1.807) is 0 Å². The van der Waals surface area contributed by atoms with Gasteiger partial charge in [-0.1, -0.05) is 0 Å². The van der Waals surface area contributed by atoms with Crippen LogP contribution in [0.25, 0.3) is 0 Å². The maximum absolute atomic E-state index is 11.2. The molecule has 2 unspecified atom stereocenters. The van der Waals surface area contributed by atoms with Crippen LogP contribution >= 0.6 is 0 Å². The van der Waals surface area contributed by atoms with Gasteiger partial charge in [-0.3, -0.25) is 0 Å². The number of hydrogen-bond donors (Lipinski definition) is 2. The normalized spacial score (nSPS) is 25.8. The van der Waals surface area contributed by atoms with Crippen molar-refractivity contribution < 1.29 is 33.3 Å². The molecule has 0 aromatic rings. The number of amides is 2. The van der Waals surface area contributed by atoms with Crippen LogP contribution in [0.4, 0.5) is 14.4 Å². The zero-order valence-electron chi connectivity index (χ0n) is 9.34. The summed E-state index contributed by atoms with van der Waals surface area (Å²) in [5.74, 6) is 0. The summed E-state index contributed by atoms with van der Waals surface area (Å²) in [7, 11) is 0. The predicted octanol–water partition coefficient (Wildman–Crippen LogP) is -0.644. The van der Waals surface area contributed by atoms with E-state index in [1.807, 2.05) is 0 Å². The highest BCUT2D eigenvalue weighted by Crippen LogP contribution is 2.01. The highest BCUT2D eigenvalue weighted by Gasteiger charge is 2.25. The molecule has 9 nitrogen and oxygen atoms in total. The Morgan fingerprint density at radius 3 is 1.83 bits per heavy atom. The Labute approximate surface area is 102 Å². The second-order valence-electron chi connectivity index (χ2n) is 3.75. The van der Waals surface area contributed by atoms with Crippen LogP contribution in [0.1, 0.15) is 0 Å². The molecule has 0 aromatic heterocycles. The lowest BCUT2D eigenvalue weighted by Crippen LogP contribution is -2.34. The van der Waals surface area contributed by atoms with Gasteiger partial charge in [0.05, 0.1) is 0 Å². The van der Waals surface area contributed by atoms with Crippen molar-refractivity contribution in [3.8, 4) is 0 Å². The Bertz CT molecular complexity index is 327. The number of carbonyl (C=O) groups excluding carboxylic acids is 3. The highest BCUT2D eigenvalue weighted by atomic mass is 16.7. The highest BCUT2D eigenvalue weighted by molar-refractivity contribution is 5.70. The largest absolute Gasteiger partial charge is 0.508 e. The van der Waals surface area contributed by atoms with Gasteiger partial charge in [-0.05, 0) is 0 Å². The van der Waals surface area contributed by atoms with Crippen LogP contribution in [-0.4, -0.2) is 56.9 Å². The van der Waals surface area contributed by atoms with Gasteiger partial charge in [0.1, 0.15) is 38.5 Å². The van der Waals surface area contributed by atoms with E-state index in [9.17, 15) is 14.4 Å². The SMILES string of the molecule is O=C1NC(COC(=O)OCC2COC(=O)N2)CO1. The van der Waals surface area contributed by atoms with Gasteiger partial charge in [-0.15, -0.1) is 0 Å². The number of rotatable bonds is 4. The lowest BCUT2D eigenvalue weighted by atomic mass is 10.3. The van der Waals surface area contributed by atoms with Gasteiger partial charge in [-0.25, -0.2) is 14.4 Å². The van der Waals surface area contributed by atoms with Crippen LogP contribution in [0.15, 0.2) is 0 Å². The molecule has 2 heterocycles. The van der Waals surface area contributed by atoms with Gasteiger partial charge in [0.15, 0.2) is 0 Å². The van der Waals surface area contributed by atoms with E-state index in [4.69, 9.17) is 9.47 Å². The van der Waals surface area contributed by atoms with Crippen molar-refractivity contribution in [3.05, 3.63) is 0 Å². The molecule has 2 fully saturated rings. The van der Waals surface area contributed by atoms with Gasteiger partial charge in [-0.2, -0.15) is 0 Å². The quantitative estimate of drug-likeness (QED) is 0.510. The molecule has 2 aliphatic rings. The molecule has 2 N–H and O–H groups in total. The second kappa shape index (κ2) is 5.43. The minimum atomic E-state index is -0.878. The fourth-order valence-corrected chi connectivity index (χ4v) is 1.41. The molecule has 0 aromatic carbocycles. The first-order chi connectivity index (χ1) is 8.63. The zero-order valence-corrected chi connectivity index (χ0v) is 9.34. The van der Waals surface area contributed by atoms with E-state index in [0.717, 1.165) is 0 Å². The van der Waals surface area contributed by atoms with E-state index in [-0.39, 0.29) is 38.5 Å². The van der Waals surface area contributed by atoms with Gasteiger partial charge in [0.2, 0.25) is 0 Å². The molecule has 100 valence electrons. The third-order valence-electron chi connectivity index (χ3n) is 2.28. The lowest BCUT2D eigenvalue weighted by Gasteiger charge is -2.10. The molecule has 9 heteroatoms. The van der Waals surface area contributed by atoms with Crippen molar-refractivity contribution in [1.82, 2.24) is 10.6 Å². The standard InChI is InChI=1S/C9H12N2O7/c12-7-10-5(1-15-7)3-17-9(14)18-4-6-2-16-8(13)11-6/h5-6H,1-4H2,(H,10,12)(H,11,13). The second-order valence-corrected chi connectivity index (χ2v) is 3.75. The van der Waals surface area contributed by atoms with Gasteiger partial charge in [0, 0.05) is 0 Å². The molecule has 0 aliphatic carbocycles. The Hall–Kier alpha value is -2.19. The van der Waals surface area contributed by atoms with Gasteiger partial charge < -0.3 is 29.6 Å². The Balaban J connectivity index is 1.57. The van der Waals surface area contributed by atoms with Crippen molar-refractivity contribution in [3.63, 3.8) is 0 Å². The third kappa shape index (κ3) is 3.40. The van der Waals surface area contributed by atoms with Crippen molar-refractivity contribution >= 4 is 18.3 Å². The van der Waals surface area contributed by atoms with Crippen molar-refractivity contribution in [1.29, 1.82) is 0 Å². The number of hydrogen-bond acceptors (Lipinski definition) is 7. The number of alkyl carbamates (subject to hydrolysis) is 2. The molecule has 2 saturated heterocycles. The number of carbonyl (C=O) groups is 3. The first-order valence-corrected chi connectivity index (χ1v) is 5.29. The van der Waals surface area contributed by atoms with Crippen LogP contribution in [0.5, 0.6) is 0 Å². The molecule has 2 atom stereocenters. The fraction of sp³-hybridized carbons (Fsp3) is 0.667. The topological polar surface area (TPSA) is 112 Å². The fourth-order valence-electron chi connectivity index (χ4n) is 1.41. The Kier molecular flexibility index (Phi) is 3.70. The summed E-state index contributed by atoms with van der Waals surface area (Å²) in [6.07, 6.45) is -1.96. The smallest absolute Gasteiger partial charge is 0.447 e. The average Bonchev–Trinajstić information content (AvgIpc) is 2.93. The Morgan fingerprint density at radius 2 is 1.50 bits per heavy atom. The summed E-state index contributed by atoms with van der Waals surface area (Å²) in [5, 5.41) is 4.88. The molecule has 0 bridgehead atoms. The lowest BCUT2D eigenvalue weighted by molar-refractivity contribution is 0.0434. The van der Waals surface area contributed by atoms with E-state index in [0.29, 0.717) is 0 Å². The summed E-state index contributed by atoms with van der Waals surface area (Å²) >= 11 is 0. The van der Waals surface area contributed by atoms with E-state index in [2.05, 4.69) is 20.1 Å². The predicted molar refractivity (Wildman–Crippen MR) is 53.8 cm³/mol. The summed E-state index contributed by atoms with van der Waals surface area (Å²) < 4.78 is 18.7.